The topological polar surface area (TPSA) is 45.2 Å². The fourth-order valence-electron chi connectivity index (χ4n) is 3.01. The number of hydrogen-bond donors (Lipinski definition) is 1. The van der Waals surface area contributed by atoms with Crippen molar-refractivity contribution in [3.05, 3.63) is 23.8 Å². The van der Waals surface area contributed by atoms with E-state index in [0.29, 0.717) is 6.04 Å². The molecule has 1 aliphatic rings. The van der Waals surface area contributed by atoms with E-state index in [0.717, 1.165) is 50.6 Å². The van der Waals surface area contributed by atoms with Gasteiger partial charge in [-0.05, 0) is 12.5 Å². The summed E-state index contributed by atoms with van der Waals surface area (Å²) in [6.07, 6.45) is 1.00. The predicted octanol–water partition coefficient (Wildman–Crippen LogP) is 1.59. The number of methoxy groups -OCH3 is 2. The lowest BCUT2D eigenvalue weighted by atomic mass is 10.1. The third kappa shape index (κ3) is 4.12. The van der Waals surface area contributed by atoms with Crippen molar-refractivity contribution < 1.29 is 14.6 Å². The molecule has 1 fully saturated rings. The van der Waals surface area contributed by atoms with Crippen molar-refractivity contribution in [1.82, 2.24) is 9.80 Å². The maximum atomic E-state index is 9.41. The zero-order valence-electron chi connectivity index (χ0n) is 13.9. The number of hydrogen-bond acceptors (Lipinski definition) is 5. The SMILES string of the molecule is CCC(CO)N1CCN(Cc2ccc(OC)cc2OC)CC1. The van der Waals surface area contributed by atoms with Gasteiger partial charge in [-0.2, -0.15) is 0 Å². The molecule has 0 aliphatic carbocycles. The molecule has 0 amide bonds. The number of benzene rings is 1. The van der Waals surface area contributed by atoms with E-state index >= 15 is 0 Å². The molecule has 22 heavy (non-hydrogen) atoms. The molecule has 0 aromatic heterocycles. The van der Waals surface area contributed by atoms with Gasteiger partial charge >= 0.3 is 0 Å². The van der Waals surface area contributed by atoms with E-state index < -0.39 is 0 Å². The Hall–Kier alpha value is -1.30. The van der Waals surface area contributed by atoms with Crippen molar-refractivity contribution in [3.8, 4) is 11.5 Å². The Kier molecular flexibility index (Phi) is 6.49. The number of aliphatic hydroxyl groups excluding tert-OH is 1. The Labute approximate surface area is 133 Å². The van der Waals surface area contributed by atoms with Gasteiger partial charge in [0, 0.05) is 50.4 Å². The first kappa shape index (κ1) is 17.1. The van der Waals surface area contributed by atoms with E-state index in [2.05, 4.69) is 22.8 Å². The minimum absolute atomic E-state index is 0.253. The number of piperazine rings is 1. The van der Waals surface area contributed by atoms with Crippen LogP contribution in [0, 0.1) is 0 Å². The van der Waals surface area contributed by atoms with Crippen LogP contribution in [-0.2, 0) is 6.54 Å². The minimum atomic E-state index is 0.253. The molecule has 5 heteroatoms. The van der Waals surface area contributed by atoms with Crippen molar-refractivity contribution in [2.75, 3.05) is 47.0 Å². The van der Waals surface area contributed by atoms with Gasteiger partial charge < -0.3 is 14.6 Å². The third-order valence-electron chi connectivity index (χ3n) is 4.49. The Morgan fingerprint density at radius 1 is 1.14 bits per heavy atom. The van der Waals surface area contributed by atoms with Gasteiger partial charge in [0.1, 0.15) is 11.5 Å². The van der Waals surface area contributed by atoms with E-state index in [9.17, 15) is 5.11 Å². The fraction of sp³-hybridized carbons (Fsp3) is 0.647. The van der Waals surface area contributed by atoms with Crippen molar-refractivity contribution in [2.45, 2.75) is 25.9 Å². The van der Waals surface area contributed by atoms with E-state index in [4.69, 9.17) is 9.47 Å². The number of nitrogens with zero attached hydrogens (tertiary/aromatic N) is 2. The Morgan fingerprint density at radius 2 is 1.86 bits per heavy atom. The summed E-state index contributed by atoms with van der Waals surface area (Å²) in [4.78, 5) is 4.83. The monoisotopic (exact) mass is 308 g/mol. The van der Waals surface area contributed by atoms with Crippen LogP contribution in [0.2, 0.25) is 0 Å². The van der Waals surface area contributed by atoms with Crippen molar-refractivity contribution in [2.24, 2.45) is 0 Å². The average molecular weight is 308 g/mol. The molecule has 124 valence electrons. The normalized spacial score (nSPS) is 18.2. The molecule has 0 bridgehead atoms. The highest BCUT2D eigenvalue weighted by atomic mass is 16.5. The van der Waals surface area contributed by atoms with Gasteiger partial charge in [-0.1, -0.05) is 13.0 Å². The lowest BCUT2D eigenvalue weighted by Gasteiger charge is -2.38. The van der Waals surface area contributed by atoms with Crippen LogP contribution in [-0.4, -0.2) is 68.0 Å². The largest absolute Gasteiger partial charge is 0.497 e. The molecular formula is C17H28N2O3. The maximum absolute atomic E-state index is 9.41. The van der Waals surface area contributed by atoms with Crippen molar-refractivity contribution in [1.29, 1.82) is 0 Å². The molecule has 0 radical (unpaired) electrons. The number of ether oxygens (including phenoxy) is 2. The molecule has 0 saturated carbocycles. The molecule has 1 aromatic carbocycles. The van der Waals surface area contributed by atoms with Gasteiger partial charge in [-0.3, -0.25) is 9.80 Å². The molecule has 1 atom stereocenters. The third-order valence-corrected chi connectivity index (χ3v) is 4.49. The summed E-state index contributed by atoms with van der Waals surface area (Å²) in [5.41, 5.74) is 1.19. The second-order valence-corrected chi connectivity index (χ2v) is 5.73. The molecular weight excluding hydrogens is 280 g/mol. The molecule has 1 aliphatic heterocycles. The van der Waals surface area contributed by atoms with Crippen LogP contribution in [0.15, 0.2) is 18.2 Å². The molecule has 5 nitrogen and oxygen atoms in total. The quantitative estimate of drug-likeness (QED) is 0.829. The Morgan fingerprint density at radius 3 is 2.41 bits per heavy atom. The first-order valence-corrected chi connectivity index (χ1v) is 8.00. The molecule has 0 spiro atoms. The zero-order chi connectivity index (χ0) is 15.9. The summed E-state index contributed by atoms with van der Waals surface area (Å²) in [5, 5.41) is 9.41. The minimum Gasteiger partial charge on any atom is -0.497 e. The molecule has 1 aromatic rings. The summed E-state index contributed by atoms with van der Waals surface area (Å²) in [5.74, 6) is 1.70. The van der Waals surface area contributed by atoms with Crippen LogP contribution in [0.1, 0.15) is 18.9 Å². The van der Waals surface area contributed by atoms with Gasteiger partial charge in [0.15, 0.2) is 0 Å². The van der Waals surface area contributed by atoms with E-state index in [1.54, 1.807) is 14.2 Å². The first-order valence-electron chi connectivity index (χ1n) is 8.00. The van der Waals surface area contributed by atoms with Gasteiger partial charge in [0.05, 0.1) is 20.8 Å². The Balaban J connectivity index is 1.93. The predicted molar refractivity (Wildman–Crippen MR) is 87.6 cm³/mol. The van der Waals surface area contributed by atoms with Crippen molar-refractivity contribution in [3.63, 3.8) is 0 Å². The van der Waals surface area contributed by atoms with Gasteiger partial charge in [0.25, 0.3) is 0 Å². The number of rotatable bonds is 7. The van der Waals surface area contributed by atoms with Gasteiger partial charge in [-0.15, -0.1) is 0 Å². The molecule has 1 saturated heterocycles. The van der Waals surface area contributed by atoms with Crippen LogP contribution in [0.4, 0.5) is 0 Å². The number of aliphatic hydroxyl groups is 1. The lowest BCUT2D eigenvalue weighted by molar-refractivity contribution is 0.0605. The van der Waals surface area contributed by atoms with Crippen LogP contribution >= 0.6 is 0 Å². The highest BCUT2D eigenvalue weighted by Gasteiger charge is 2.22. The maximum Gasteiger partial charge on any atom is 0.127 e. The summed E-state index contributed by atoms with van der Waals surface area (Å²) in [6, 6.07) is 6.29. The molecule has 2 rings (SSSR count). The van der Waals surface area contributed by atoms with Crippen LogP contribution in [0.3, 0.4) is 0 Å². The average Bonchev–Trinajstić information content (AvgIpc) is 2.57. The zero-order valence-corrected chi connectivity index (χ0v) is 13.9. The highest BCUT2D eigenvalue weighted by Crippen LogP contribution is 2.26. The van der Waals surface area contributed by atoms with E-state index in [1.807, 2.05) is 12.1 Å². The van der Waals surface area contributed by atoms with Crippen LogP contribution in [0.5, 0.6) is 11.5 Å². The van der Waals surface area contributed by atoms with Crippen molar-refractivity contribution >= 4 is 0 Å². The summed E-state index contributed by atoms with van der Waals surface area (Å²) in [7, 11) is 3.36. The molecule has 1 unspecified atom stereocenters. The first-order chi connectivity index (χ1) is 10.7. The summed E-state index contributed by atoms with van der Waals surface area (Å²) >= 11 is 0. The van der Waals surface area contributed by atoms with Gasteiger partial charge in [0.2, 0.25) is 0 Å². The summed E-state index contributed by atoms with van der Waals surface area (Å²) in [6.45, 7) is 7.33. The van der Waals surface area contributed by atoms with Crippen LogP contribution in [0.25, 0.3) is 0 Å². The second-order valence-electron chi connectivity index (χ2n) is 5.73. The highest BCUT2D eigenvalue weighted by molar-refractivity contribution is 5.40. The summed E-state index contributed by atoms with van der Waals surface area (Å²) < 4.78 is 10.7. The van der Waals surface area contributed by atoms with Crippen LogP contribution < -0.4 is 9.47 Å². The Bertz CT molecular complexity index is 455. The second kappa shape index (κ2) is 8.36. The van der Waals surface area contributed by atoms with Gasteiger partial charge in [-0.25, -0.2) is 0 Å². The standard InChI is InChI=1S/C17H28N2O3/c1-4-15(13-20)19-9-7-18(8-10-19)12-14-5-6-16(21-2)11-17(14)22-3/h5-6,11,15,20H,4,7-10,12-13H2,1-3H3. The fourth-order valence-corrected chi connectivity index (χ4v) is 3.01. The molecule has 1 heterocycles. The molecule has 1 N–H and O–H groups in total. The smallest absolute Gasteiger partial charge is 0.127 e. The van der Waals surface area contributed by atoms with E-state index in [1.165, 1.54) is 5.56 Å². The lowest BCUT2D eigenvalue weighted by Crippen LogP contribution is -2.50. The van der Waals surface area contributed by atoms with E-state index in [-0.39, 0.29) is 6.61 Å².